The zero-order valence-electron chi connectivity index (χ0n) is 10.3. The lowest BCUT2D eigenvalue weighted by Gasteiger charge is -2.18. The van der Waals surface area contributed by atoms with Gasteiger partial charge in [0, 0.05) is 19.2 Å². The predicted molar refractivity (Wildman–Crippen MR) is 68.9 cm³/mol. The highest BCUT2D eigenvalue weighted by Crippen LogP contribution is 2.18. The Morgan fingerprint density at radius 1 is 1.44 bits per heavy atom. The summed E-state index contributed by atoms with van der Waals surface area (Å²) in [6, 6.07) is 7.40. The number of hydrogen-bond acceptors (Lipinski definition) is 5. The molecule has 2 heterocycles. The van der Waals surface area contributed by atoms with Crippen molar-refractivity contribution in [2.45, 2.75) is 13.5 Å². The fraction of sp³-hybridized carbons (Fsp3) is 0.231. The van der Waals surface area contributed by atoms with Crippen LogP contribution in [0.25, 0.3) is 0 Å². The average Bonchev–Trinajstić information content (AvgIpc) is 2.75. The number of nitriles is 1. The molecule has 0 bridgehead atoms. The second kappa shape index (κ2) is 4.80. The fourth-order valence-corrected chi connectivity index (χ4v) is 1.67. The molecule has 5 nitrogen and oxygen atoms in total. The molecule has 2 aromatic rings. The second-order valence-corrected chi connectivity index (χ2v) is 4.08. The molecular weight excluding hydrogens is 228 g/mol. The molecule has 5 heteroatoms. The van der Waals surface area contributed by atoms with Crippen molar-refractivity contribution >= 4 is 11.5 Å². The summed E-state index contributed by atoms with van der Waals surface area (Å²) in [6.07, 6.45) is 1.66. The predicted octanol–water partition coefficient (Wildman–Crippen LogP) is 2.07. The minimum Gasteiger partial charge on any atom is -0.469 e. The zero-order chi connectivity index (χ0) is 13.1. The Bertz CT molecular complexity index is 597. The number of nitrogens with two attached hydrogens (primary N) is 1. The van der Waals surface area contributed by atoms with E-state index < -0.39 is 0 Å². The summed E-state index contributed by atoms with van der Waals surface area (Å²) < 4.78 is 5.25. The number of hydrogen-bond donors (Lipinski definition) is 1. The van der Waals surface area contributed by atoms with Gasteiger partial charge in [-0.15, -0.1) is 0 Å². The van der Waals surface area contributed by atoms with Crippen molar-refractivity contribution in [1.29, 1.82) is 5.26 Å². The van der Waals surface area contributed by atoms with Crippen LogP contribution < -0.4 is 10.6 Å². The number of nitrogens with zero attached hydrogens (tertiary/aromatic N) is 3. The summed E-state index contributed by atoms with van der Waals surface area (Å²) in [4.78, 5) is 6.15. The van der Waals surface area contributed by atoms with E-state index in [4.69, 9.17) is 15.4 Å². The van der Waals surface area contributed by atoms with E-state index in [1.807, 2.05) is 31.0 Å². The Morgan fingerprint density at radius 2 is 2.22 bits per heavy atom. The number of nitrogen functional groups attached to an aromatic ring is 1. The van der Waals surface area contributed by atoms with Crippen LogP contribution in [0.5, 0.6) is 0 Å². The van der Waals surface area contributed by atoms with Crippen molar-refractivity contribution in [3.63, 3.8) is 0 Å². The van der Waals surface area contributed by atoms with Gasteiger partial charge < -0.3 is 15.1 Å². The number of aromatic nitrogens is 1. The largest absolute Gasteiger partial charge is 0.469 e. The van der Waals surface area contributed by atoms with Crippen LogP contribution in [0.4, 0.5) is 11.5 Å². The van der Waals surface area contributed by atoms with E-state index in [1.54, 1.807) is 18.4 Å². The molecule has 0 saturated heterocycles. The van der Waals surface area contributed by atoms with Gasteiger partial charge in [-0.3, -0.25) is 0 Å². The molecule has 0 atom stereocenters. The van der Waals surface area contributed by atoms with Gasteiger partial charge in [0.1, 0.15) is 17.6 Å². The van der Waals surface area contributed by atoms with Crippen LogP contribution in [0.3, 0.4) is 0 Å². The van der Waals surface area contributed by atoms with Gasteiger partial charge in [0.15, 0.2) is 5.69 Å². The highest BCUT2D eigenvalue weighted by atomic mass is 16.3. The smallest absolute Gasteiger partial charge is 0.165 e. The van der Waals surface area contributed by atoms with Crippen molar-refractivity contribution in [2.24, 2.45) is 0 Å². The third-order valence-electron chi connectivity index (χ3n) is 2.78. The molecule has 92 valence electrons. The van der Waals surface area contributed by atoms with Gasteiger partial charge in [-0.25, -0.2) is 4.98 Å². The Hall–Kier alpha value is -2.48. The Kier molecular flexibility index (Phi) is 3.20. The summed E-state index contributed by atoms with van der Waals surface area (Å²) in [5.74, 6) is 1.60. The second-order valence-electron chi connectivity index (χ2n) is 4.08. The topological polar surface area (TPSA) is 79.1 Å². The molecule has 0 aromatic carbocycles. The van der Waals surface area contributed by atoms with Crippen LogP contribution in [0, 0.1) is 18.3 Å². The third kappa shape index (κ3) is 2.28. The van der Waals surface area contributed by atoms with Gasteiger partial charge >= 0.3 is 0 Å². The Labute approximate surface area is 105 Å². The summed E-state index contributed by atoms with van der Waals surface area (Å²) in [5.41, 5.74) is 7.38. The summed E-state index contributed by atoms with van der Waals surface area (Å²) >= 11 is 0. The van der Waals surface area contributed by atoms with Gasteiger partial charge in [0.05, 0.1) is 12.0 Å². The van der Waals surface area contributed by atoms with E-state index >= 15 is 0 Å². The monoisotopic (exact) mass is 242 g/mol. The van der Waals surface area contributed by atoms with Crippen LogP contribution in [0.15, 0.2) is 28.9 Å². The van der Waals surface area contributed by atoms with Crippen LogP contribution in [0.2, 0.25) is 0 Å². The number of aryl methyl sites for hydroxylation is 1. The first kappa shape index (κ1) is 12.0. The number of pyridine rings is 1. The van der Waals surface area contributed by atoms with E-state index in [1.165, 1.54) is 0 Å². The summed E-state index contributed by atoms with van der Waals surface area (Å²) in [6.45, 7) is 2.59. The fourth-order valence-electron chi connectivity index (χ4n) is 1.67. The van der Waals surface area contributed by atoms with Crippen LogP contribution in [-0.2, 0) is 6.54 Å². The Balaban J connectivity index is 2.22. The van der Waals surface area contributed by atoms with E-state index in [2.05, 4.69) is 4.98 Å². The molecule has 0 amide bonds. The maximum Gasteiger partial charge on any atom is 0.165 e. The van der Waals surface area contributed by atoms with Crippen molar-refractivity contribution in [1.82, 2.24) is 4.98 Å². The first-order valence-electron chi connectivity index (χ1n) is 5.52. The average molecular weight is 242 g/mol. The molecule has 0 aliphatic heterocycles. The van der Waals surface area contributed by atoms with Crippen LogP contribution >= 0.6 is 0 Å². The van der Waals surface area contributed by atoms with Gasteiger partial charge in [-0.1, -0.05) is 0 Å². The van der Waals surface area contributed by atoms with Gasteiger partial charge in [-0.05, 0) is 25.1 Å². The molecule has 2 rings (SSSR count). The molecule has 0 spiro atoms. The minimum absolute atomic E-state index is 0.253. The standard InChI is InChI=1S/C13H14N4O/c1-9-10(5-6-18-9)8-17(2)13-4-3-11(15)12(7-14)16-13/h3-6H,8,15H2,1-2H3. The SMILES string of the molecule is Cc1occc1CN(C)c1ccc(N)c(C#N)n1. The maximum atomic E-state index is 8.90. The number of rotatable bonds is 3. The first-order valence-corrected chi connectivity index (χ1v) is 5.52. The quantitative estimate of drug-likeness (QED) is 0.891. The molecule has 0 aliphatic rings. The lowest BCUT2D eigenvalue weighted by atomic mass is 10.2. The van der Waals surface area contributed by atoms with Crippen molar-refractivity contribution in [2.75, 3.05) is 17.7 Å². The molecule has 18 heavy (non-hydrogen) atoms. The van der Waals surface area contributed by atoms with E-state index in [-0.39, 0.29) is 5.69 Å². The molecule has 2 aromatic heterocycles. The highest BCUT2D eigenvalue weighted by molar-refractivity contribution is 5.55. The van der Waals surface area contributed by atoms with Gasteiger partial charge in [0.25, 0.3) is 0 Å². The summed E-state index contributed by atoms with van der Waals surface area (Å²) in [5, 5.41) is 8.90. The first-order chi connectivity index (χ1) is 8.61. The molecular formula is C13H14N4O. The molecule has 0 unspecified atom stereocenters. The molecule has 0 fully saturated rings. The van der Waals surface area contributed by atoms with Gasteiger partial charge in [0.2, 0.25) is 0 Å². The van der Waals surface area contributed by atoms with E-state index in [9.17, 15) is 0 Å². The Morgan fingerprint density at radius 3 is 2.83 bits per heavy atom. The van der Waals surface area contributed by atoms with Crippen molar-refractivity contribution < 1.29 is 4.42 Å². The summed E-state index contributed by atoms with van der Waals surface area (Å²) in [7, 11) is 1.91. The van der Waals surface area contributed by atoms with Crippen molar-refractivity contribution in [3.05, 3.63) is 41.5 Å². The van der Waals surface area contributed by atoms with Gasteiger partial charge in [-0.2, -0.15) is 5.26 Å². The van der Waals surface area contributed by atoms with Crippen LogP contribution in [-0.4, -0.2) is 12.0 Å². The van der Waals surface area contributed by atoms with E-state index in [0.29, 0.717) is 18.1 Å². The van der Waals surface area contributed by atoms with Crippen molar-refractivity contribution in [3.8, 4) is 6.07 Å². The third-order valence-corrected chi connectivity index (χ3v) is 2.78. The zero-order valence-corrected chi connectivity index (χ0v) is 10.3. The highest BCUT2D eigenvalue weighted by Gasteiger charge is 2.09. The molecule has 0 aliphatic carbocycles. The number of anilines is 2. The number of furan rings is 1. The minimum atomic E-state index is 0.253. The molecule has 0 radical (unpaired) electrons. The molecule has 2 N–H and O–H groups in total. The molecule has 0 saturated carbocycles. The van der Waals surface area contributed by atoms with Crippen LogP contribution in [0.1, 0.15) is 17.0 Å². The normalized spacial score (nSPS) is 10.1. The maximum absolute atomic E-state index is 8.90. The lowest BCUT2D eigenvalue weighted by Crippen LogP contribution is -2.18. The van der Waals surface area contributed by atoms with E-state index in [0.717, 1.165) is 11.3 Å². The lowest BCUT2D eigenvalue weighted by molar-refractivity contribution is 0.529.